The molecule has 7 rings (SSSR count). The van der Waals surface area contributed by atoms with E-state index >= 15 is 0 Å². The van der Waals surface area contributed by atoms with Crippen LogP contribution >= 0.6 is 11.8 Å². The highest BCUT2D eigenvalue weighted by Gasteiger charge is 2.52. The Balaban J connectivity index is 1.07. The Morgan fingerprint density at radius 3 is 2.69 bits per heavy atom. The fraction of sp³-hybridized carbons (Fsp3) is 0.412. The van der Waals surface area contributed by atoms with Crippen molar-refractivity contribution in [3.8, 4) is 17.6 Å². The van der Waals surface area contributed by atoms with Gasteiger partial charge in [-0.25, -0.2) is 4.79 Å². The molecule has 0 spiro atoms. The zero-order chi connectivity index (χ0) is 31.1. The summed E-state index contributed by atoms with van der Waals surface area (Å²) in [5, 5.41) is 19.3. The third-order valence-electron chi connectivity index (χ3n) is 9.17. The van der Waals surface area contributed by atoms with E-state index in [1.165, 1.54) is 11.8 Å². The summed E-state index contributed by atoms with van der Waals surface area (Å²) in [7, 11) is 0. The van der Waals surface area contributed by atoms with E-state index < -0.39 is 0 Å². The number of amides is 4. The van der Waals surface area contributed by atoms with Crippen LogP contribution in [0.3, 0.4) is 0 Å². The van der Waals surface area contributed by atoms with Crippen molar-refractivity contribution in [2.45, 2.75) is 56.5 Å². The van der Waals surface area contributed by atoms with Gasteiger partial charge in [0, 0.05) is 36.4 Å². The number of anilines is 1. The van der Waals surface area contributed by atoms with E-state index in [1.54, 1.807) is 11.0 Å². The number of carbonyl (C=O) groups excluding carboxylic acids is 3. The number of hydrogen-bond acceptors (Lipinski definition) is 7. The molecule has 0 aromatic heterocycles. The molecule has 0 radical (unpaired) electrons. The van der Waals surface area contributed by atoms with Crippen LogP contribution in [0.2, 0.25) is 0 Å². The molecule has 1 saturated carbocycles. The van der Waals surface area contributed by atoms with E-state index in [0.29, 0.717) is 35.4 Å². The van der Waals surface area contributed by atoms with Crippen LogP contribution < -0.4 is 25.6 Å². The molecule has 2 aromatic rings. The molecule has 11 heteroatoms. The predicted molar refractivity (Wildman–Crippen MR) is 171 cm³/mol. The lowest BCUT2D eigenvalue weighted by Crippen LogP contribution is -2.62. The first-order chi connectivity index (χ1) is 21.9. The summed E-state index contributed by atoms with van der Waals surface area (Å²) < 4.78 is 6.01. The van der Waals surface area contributed by atoms with Crippen molar-refractivity contribution in [1.82, 2.24) is 20.9 Å². The molecule has 232 valence electrons. The Labute approximate surface area is 266 Å². The number of benzene rings is 2. The molecule has 45 heavy (non-hydrogen) atoms. The van der Waals surface area contributed by atoms with Gasteiger partial charge in [-0.05, 0) is 87.4 Å². The van der Waals surface area contributed by atoms with Crippen molar-refractivity contribution < 1.29 is 19.1 Å². The fourth-order valence-electron chi connectivity index (χ4n) is 6.84. The molecule has 2 aromatic carbocycles. The van der Waals surface area contributed by atoms with E-state index in [-0.39, 0.29) is 46.8 Å². The van der Waals surface area contributed by atoms with Crippen LogP contribution in [0.1, 0.15) is 37.7 Å². The van der Waals surface area contributed by atoms with Crippen LogP contribution in [-0.4, -0.2) is 59.8 Å². The van der Waals surface area contributed by atoms with Gasteiger partial charge >= 0.3 is 6.03 Å². The Hall–Kier alpha value is -4.27. The van der Waals surface area contributed by atoms with Gasteiger partial charge in [0.2, 0.25) is 0 Å². The van der Waals surface area contributed by atoms with E-state index in [0.717, 1.165) is 55.6 Å². The SMILES string of the molecule is Cc1cc(Oc2ccccc2)ccc1N1C(=O)NC2=C(C(=O)N[C@@H]3CCCN(C(=O)/C(C#N)=C/C4CC4)C3)SC3NCCC1C23. The van der Waals surface area contributed by atoms with Crippen molar-refractivity contribution in [2.24, 2.45) is 11.8 Å². The maximum absolute atomic E-state index is 13.7. The Kier molecular flexibility index (Phi) is 8.02. The summed E-state index contributed by atoms with van der Waals surface area (Å²) in [6, 6.07) is 16.8. The van der Waals surface area contributed by atoms with Gasteiger partial charge in [0.05, 0.1) is 16.3 Å². The molecule has 4 fully saturated rings. The molecule has 4 amide bonds. The normalized spacial score (nSPS) is 26.1. The second kappa shape index (κ2) is 12.3. The number of piperidine rings is 2. The minimum Gasteiger partial charge on any atom is -0.457 e. The van der Waals surface area contributed by atoms with Crippen molar-refractivity contribution in [2.75, 3.05) is 24.5 Å². The molecule has 4 heterocycles. The number of ether oxygens (including phenoxy) is 1. The Morgan fingerprint density at radius 1 is 1.11 bits per heavy atom. The average Bonchev–Trinajstić information content (AvgIpc) is 3.80. The van der Waals surface area contributed by atoms with Crippen molar-refractivity contribution >= 4 is 35.3 Å². The smallest absolute Gasteiger partial charge is 0.326 e. The first-order valence-corrected chi connectivity index (χ1v) is 16.6. The molecular weight excluding hydrogens is 588 g/mol. The third-order valence-corrected chi connectivity index (χ3v) is 10.5. The summed E-state index contributed by atoms with van der Waals surface area (Å²) >= 11 is 1.47. The Morgan fingerprint density at radius 2 is 1.93 bits per heavy atom. The number of urea groups is 1. The van der Waals surface area contributed by atoms with Crippen LogP contribution in [0.15, 0.2) is 70.8 Å². The van der Waals surface area contributed by atoms with E-state index in [9.17, 15) is 19.6 Å². The summed E-state index contributed by atoms with van der Waals surface area (Å²) in [6.07, 6.45) is 6.08. The summed E-state index contributed by atoms with van der Waals surface area (Å²) in [6.45, 7) is 3.64. The molecule has 0 bridgehead atoms. The number of carbonyl (C=O) groups is 3. The average molecular weight is 625 g/mol. The number of hydrogen-bond donors (Lipinski definition) is 3. The maximum atomic E-state index is 13.7. The van der Waals surface area contributed by atoms with Gasteiger partial charge in [-0.2, -0.15) is 5.26 Å². The highest BCUT2D eigenvalue weighted by atomic mass is 32.2. The monoisotopic (exact) mass is 624 g/mol. The summed E-state index contributed by atoms with van der Waals surface area (Å²) in [5.74, 6) is 1.21. The third kappa shape index (κ3) is 5.92. The largest absolute Gasteiger partial charge is 0.457 e. The second-order valence-corrected chi connectivity index (χ2v) is 13.5. The van der Waals surface area contributed by atoms with Gasteiger partial charge in [-0.1, -0.05) is 36.0 Å². The van der Waals surface area contributed by atoms with Crippen molar-refractivity contribution in [3.05, 3.63) is 76.3 Å². The highest BCUT2D eigenvalue weighted by molar-refractivity contribution is 8.04. The van der Waals surface area contributed by atoms with Crippen molar-refractivity contribution in [1.29, 1.82) is 5.26 Å². The van der Waals surface area contributed by atoms with Gasteiger partial charge in [0.25, 0.3) is 11.8 Å². The lowest BCUT2D eigenvalue weighted by atomic mass is 9.86. The molecule has 10 nitrogen and oxygen atoms in total. The van der Waals surface area contributed by atoms with Crippen LogP contribution in [0.4, 0.5) is 10.5 Å². The molecule has 4 aliphatic heterocycles. The van der Waals surface area contributed by atoms with Crippen LogP contribution in [0.25, 0.3) is 0 Å². The number of nitriles is 1. The van der Waals surface area contributed by atoms with Crippen LogP contribution in [0.5, 0.6) is 11.5 Å². The maximum Gasteiger partial charge on any atom is 0.326 e. The van der Waals surface area contributed by atoms with Crippen molar-refractivity contribution in [3.63, 3.8) is 0 Å². The number of nitrogens with one attached hydrogen (secondary N) is 3. The van der Waals surface area contributed by atoms with E-state index in [2.05, 4.69) is 22.0 Å². The number of thioether (sulfide) groups is 1. The number of rotatable bonds is 7. The quantitative estimate of drug-likeness (QED) is 0.305. The standard InChI is InChI=1S/C34H36N6O4S/c1-20-16-25(44-24-7-3-2-4-8-24)11-12-26(20)40-27-13-14-36-32-28(27)29(38-34(40)43)30(45-32)31(41)37-23-6-5-15-39(19-23)33(42)22(18-35)17-21-9-10-21/h2-4,7-8,11-12,16-17,21,23,27-28,32,36H,5-6,9-10,13-15,19H2,1H3,(H,37,41)(H,38,43)/b22-17+/t23-,27?,28?,32?/m1/s1. The zero-order valence-corrected chi connectivity index (χ0v) is 25.9. The fourth-order valence-corrected chi connectivity index (χ4v) is 8.24. The predicted octanol–water partition coefficient (Wildman–Crippen LogP) is 4.55. The van der Waals surface area contributed by atoms with Crippen LogP contribution in [-0.2, 0) is 9.59 Å². The van der Waals surface area contributed by atoms with Gasteiger partial charge in [0.1, 0.15) is 23.1 Å². The first-order valence-electron chi connectivity index (χ1n) is 15.7. The second-order valence-electron chi connectivity index (χ2n) is 12.4. The topological polar surface area (TPSA) is 127 Å². The molecule has 4 atom stereocenters. The zero-order valence-electron chi connectivity index (χ0n) is 25.1. The van der Waals surface area contributed by atoms with Gasteiger partial charge in [0.15, 0.2) is 0 Å². The van der Waals surface area contributed by atoms with Gasteiger partial charge in [-0.15, -0.1) is 0 Å². The van der Waals surface area contributed by atoms with E-state index in [1.807, 2.05) is 60.4 Å². The summed E-state index contributed by atoms with van der Waals surface area (Å²) in [5.41, 5.74) is 2.61. The van der Waals surface area contributed by atoms with Crippen LogP contribution in [0, 0.1) is 30.1 Å². The minimum absolute atomic E-state index is 0.0428. The lowest BCUT2D eigenvalue weighted by Gasteiger charge is -2.46. The number of nitrogens with zero attached hydrogens (tertiary/aromatic N) is 3. The molecular formula is C34H36N6O4S. The number of allylic oxidation sites excluding steroid dienone is 1. The van der Waals surface area contributed by atoms with Gasteiger partial charge < -0.3 is 25.6 Å². The highest BCUT2D eigenvalue weighted by Crippen LogP contribution is 2.48. The number of para-hydroxylation sites is 1. The van der Waals surface area contributed by atoms with Gasteiger partial charge in [-0.3, -0.25) is 14.5 Å². The number of likely N-dealkylation sites (tertiary alicyclic amines) is 1. The molecule has 3 unspecified atom stereocenters. The molecule has 3 saturated heterocycles. The number of aryl methyl sites for hydroxylation is 1. The summed E-state index contributed by atoms with van der Waals surface area (Å²) in [4.78, 5) is 44.5. The first kappa shape index (κ1) is 29.4. The van der Waals surface area contributed by atoms with E-state index in [4.69, 9.17) is 4.74 Å². The molecule has 1 aliphatic carbocycles. The lowest BCUT2D eigenvalue weighted by molar-refractivity contribution is -0.129. The minimum atomic E-state index is -0.256. The molecule has 5 aliphatic rings. The Bertz CT molecular complexity index is 1630. The molecule has 3 N–H and O–H groups in total.